The molecule has 2 amide bonds. The second-order valence-corrected chi connectivity index (χ2v) is 11.2. The predicted molar refractivity (Wildman–Crippen MR) is 137 cm³/mol. The lowest BCUT2D eigenvalue weighted by molar-refractivity contribution is -0.120. The zero-order valence-corrected chi connectivity index (χ0v) is 21.8. The maximum Gasteiger partial charge on any atom is 0.217 e. The molecule has 0 aliphatic heterocycles. The molecule has 2 aromatic carbocycles. The van der Waals surface area contributed by atoms with Crippen molar-refractivity contribution in [2.45, 2.75) is 74.2 Å². The van der Waals surface area contributed by atoms with Crippen molar-refractivity contribution in [1.29, 1.82) is 0 Å². The van der Waals surface area contributed by atoms with Gasteiger partial charge in [0.25, 0.3) is 0 Å². The number of amides is 2. The van der Waals surface area contributed by atoms with Gasteiger partial charge in [-0.3, -0.25) is 9.59 Å². The highest BCUT2D eigenvalue weighted by Gasteiger charge is 2.25. The molecule has 2 aliphatic rings. The van der Waals surface area contributed by atoms with Crippen LogP contribution in [0, 0.1) is 0 Å². The summed E-state index contributed by atoms with van der Waals surface area (Å²) in [5.74, 6) is 1.74. The van der Waals surface area contributed by atoms with Gasteiger partial charge >= 0.3 is 0 Å². The van der Waals surface area contributed by atoms with Gasteiger partial charge in [-0.15, -0.1) is 0 Å². The van der Waals surface area contributed by atoms with Gasteiger partial charge < -0.3 is 20.1 Å². The maximum atomic E-state index is 11.5. The molecule has 182 valence electrons. The molecule has 2 aromatic rings. The lowest BCUT2D eigenvalue weighted by Crippen LogP contribution is -2.37. The number of carbonyl (C=O) groups excluding carboxylic acids is 2. The van der Waals surface area contributed by atoms with Crippen LogP contribution in [0.1, 0.15) is 48.9 Å². The Morgan fingerprint density at radius 1 is 0.794 bits per heavy atom. The van der Waals surface area contributed by atoms with Gasteiger partial charge in [-0.05, 0) is 95.8 Å². The average Bonchev–Trinajstić information content (AvgIpc) is 2.80. The van der Waals surface area contributed by atoms with Crippen molar-refractivity contribution in [3.8, 4) is 11.5 Å². The molecule has 0 saturated heterocycles. The summed E-state index contributed by atoms with van der Waals surface area (Å²) in [6.45, 7) is 3.15. The minimum Gasteiger partial charge on any atom is -0.497 e. The summed E-state index contributed by atoms with van der Waals surface area (Å²) >= 11 is 0. The van der Waals surface area contributed by atoms with Crippen LogP contribution in [-0.2, 0) is 35.3 Å². The number of methoxy groups -OCH3 is 2. The van der Waals surface area contributed by atoms with Crippen molar-refractivity contribution in [2.75, 3.05) is 14.2 Å². The molecule has 2 N–H and O–H groups in total. The van der Waals surface area contributed by atoms with Gasteiger partial charge in [0.05, 0.1) is 19.1 Å². The van der Waals surface area contributed by atoms with E-state index in [1.54, 1.807) is 49.7 Å². The fourth-order valence-corrected chi connectivity index (χ4v) is 7.39. The van der Waals surface area contributed by atoms with E-state index in [2.05, 4.69) is 34.9 Å². The fraction of sp³-hybridized carbons (Fsp3) is 0.462. The number of hydrogen-bond donors (Lipinski definition) is 2. The predicted octanol–water partition coefficient (Wildman–Crippen LogP) is 4.49. The molecule has 34 heavy (non-hydrogen) atoms. The molecule has 4 rings (SSSR count). The van der Waals surface area contributed by atoms with E-state index in [1.165, 1.54) is 27.1 Å². The lowest BCUT2D eigenvalue weighted by atomic mass is 9.88. The van der Waals surface area contributed by atoms with Crippen LogP contribution in [0.2, 0.25) is 0 Å². The Hall–Kier alpha value is -2.32. The topological polar surface area (TPSA) is 76.7 Å². The molecule has 0 aromatic heterocycles. The van der Waals surface area contributed by atoms with E-state index in [0.29, 0.717) is 0 Å². The number of hydrogen-bond acceptors (Lipinski definition) is 6. The normalized spacial score (nSPS) is 18.9. The van der Waals surface area contributed by atoms with Crippen LogP contribution < -0.4 is 20.1 Å². The van der Waals surface area contributed by atoms with Crippen LogP contribution in [0.15, 0.2) is 34.1 Å². The van der Waals surface area contributed by atoms with Gasteiger partial charge in [-0.1, -0.05) is 10.8 Å². The minimum atomic E-state index is 0.0180. The number of rotatable bonds is 7. The van der Waals surface area contributed by atoms with E-state index >= 15 is 0 Å². The monoisotopic (exact) mass is 500 g/mol. The number of aryl methyl sites for hydroxylation is 1. The third-order valence-corrected chi connectivity index (χ3v) is 8.92. The van der Waals surface area contributed by atoms with Crippen LogP contribution in [0.3, 0.4) is 0 Å². The smallest absolute Gasteiger partial charge is 0.217 e. The van der Waals surface area contributed by atoms with Crippen molar-refractivity contribution in [3.05, 3.63) is 46.5 Å². The number of benzene rings is 2. The second-order valence-electron chi connectivity index (χ2n) is 8.98. The Morgan fingerprint density at radius 2 is 1.44 bits per heavy atom. The van der Waals surface area contributed by atoms with Gasteiger partial charge in [-0.2, -0.15) is 0 Å². The zero-order chi connectivity index (χ0) is 24.2. The van der Waals surface area contributed by atoms with Crippen molar-refractivity contribution in [2.24, 2.45) is 0 Å². The Morgan fingerprint density at radius 3 is 2.09 bits per heavy atom. The summed E-state index contributed by atoms with van der Waals surface area (Å²) in [5.41, 5.74) is 5.17. The summed E-state index contributed by atoms with van der Waals surface area (Å²) in [6, 6.07) is 8.94. The summed E-state index contributed by atoms with van der Waals surface area (Å²) in [4.78, 5) is 25.3. The van der Waals surface area contributed by atoms with E-state index in [9.17, 15) is 9.59 Å². The van der Waals surface area contributed by atoms with Gasteiger partial charge in [-0.25, -0.2) is 0 Å². The van der Waals surface area contributed by atoms with Crippen LogP contribution in [0.4, 0.5) is 0 Å². The van der Waals surface area contributed by atoms with Crippen LogP contribution in [0.25, 0.3) is 0 Å². The molecule has 2 unspecified atom stereocenters. The molecule has 2 aliphatic carbocycles. The number of ether oxygens (including phenoxy) is 2. The standard InChI is InChI=1S/C26H32N2O4S2/c1-15(29)27-20-6-5-17-13-26(24(32-4)12-18(17)9-20)34-33-25-14-22(31-3)11-19-10-21(28-16(2)30)7-8-23(19)25/h11-14,20-21H,5-10H2,1-4H3,(H,27,29)(H,28,30). The maximum absolute atomic E-state index is 11.5. The average molecular weight is 501 g/mol. The van der Waals surface area contributed by atoms with Crippen molar-refractivity contribution >= 4 is 33.4 Å². The highest BCUT2D eigenvalue weighted by molar-refractivity contribution is 8.76. The first-order valence-corrected chi connectivity index (χ1v) is 13.8. The van der Waals surface area contributed by atoms with Crippen LogP contribution >= 0.6 is 21.6 Å². The highest BCUT2D eigenvalue weighted by atomic mass is 33.1. The van der Waals surface area contributed by atoms with E-state index in [4.69, 9.17) is 9.47 Å². The molecule has 0 spiro atoms. The molecular weight excluding hydrogens is 468 g/mol. The second kappa shape index (κ2) is 11.0. The van der Waals surface area contributed by atoms with Crippen molar-refractivity contribution in [1.82, 2.24) is 10.6 Å². The highest BCUT2D eigenvalue weighted by Crippen LogP contribution is 2.47. The zero-order valence-electron chi connectivity index (χ0n) is 20.2. The summed E-state index contributed by atoms with van der Waals surface area (Å²) in [5, 5.41) is 6.11. The largest absolute Gasteiger partial charge is 0.497 e. The molecular formula is C26H32N2O4S2. The molecule has 0 fully saturated rings. The van der Waals surface area contributed by atoms with E-state index in [-0.39, 0.29) is 23.9 Å². The quantitative estimate of drug-likeness (QED) is 0.546. The molecule has 2 atom stereocenters. The SMILES string of the molecule is COc1cc2c(c(SSc3cc4c(cc3OC)CC(NC(C)=O)CC4)c1)CCC(NC(C)=O)C2. The summed E-state index contributed by atoms with van der Waals surface area (Å²) < 4.78 is 11.3. The fourth-order valence-electron chi connectivity index (χ4n) is 4.92. The van der Waals surface area contributed by atoms with Gasteiger partial charge in [0.1, 0.15) is 11.5 Å². The van der Waals surface area contributed by atoms with Crippen LogP contribution in [-0.4, -0.2) is 38.1 Å². The molecule has 0 heterocycles. The summed E-state index contributed by atoms with van der Waals surface area (Å²) in [6.07, 6.45) is 5.43. The minimum absolute atomic E-state index is 0.0180. The summed E-state index contributed by atoms with van der Waals surface area (Å²) in [7, 11) is 6.84. The van der Waals surface area contributed by atoms with Gasteiger partial charge in [0.15, 0.2) is 0 Å². The molecule has 0 saturated carbocycles. The van der Waals surface area contributed by atoms with Crippen LogP contribution in [0.5, 0.6) is 11.5 Å². The van der Waals surface area contributed by atoms with E-state index in [0.717, 1.165) is 54.9 Å². The van der Waals surface area contributed by atoms with Gasteiger partial charge in [0, 0.05) is 30.8 Å². The third kappa shape index (κ3) is 5.84. The Kier molecular flexibility index (Phi) is 7.99. The lowest BCUT2D eigenvalue weighted by Gasteiger charge is -2.27. The first-order valence-electron chi connectivity index (χ1n) is 11.6. The Labute approximate surface area is 209 Å². The molecule has 0 radical (unpaired) electrons. The number of nitrogens with one attached hydrogen (secondary N) is 2. The third-order valence-electron chi connectivity index (χ3n) is 6.47. The van der Waals surface area contributed by atoms with Gasteiger partial charge in [0.2, 0.25) is 11.8 Å². The first kappa shape index (κ1) is 24.8. The number of carbonyl (C=O) groups is 2. The Bertz CT molecular complexity index is 1090. The first-order chi connectivity index (χ1) is 16.4. The molecule has 6 nitrogen and oxygen atoms in total. The molecule has 0 bridgehead atoms. The van der Waals surface area contributed by atoms with Crippen molar-refractivity contribution < 1.29 is 19.1 Å². The van der Waals surface area contributed by atoms with Crippen molar-refractivity contribution in [3.63, 3.8) is 0 Å². The molecule has 8 heteroatoms. The van der Waals surface area contributed by atoms with E-state index in [1.807, 2.05) is 0 Å². The van der Waals surface area contributed by atoms with E-state index < -0.39 is 0 Å². The Balaban J connectivity index is 1.54. The number of fused-ring (bicyclic) bond motifs is 2.